The van der Waals surface area contributed by atoms with E-state index in [1.807, 2.05) is 30.0 Å². The van der Waals surface area contributed by atoms with Gasteiger partial charge in [-0.05, 0) is 24.1 Å². The van der Waals surface area contributed by atoms with Crippen molar-refractivity contribution in [2.24, 2.45) is 0 Å². The second kappa shape index (κ2) is 6.81. The molecule has 1 amide bonds. The van der Waals surface area contributed by atoms with Gasteiger partial charge in [-0.15, -0.1) is 0 Å². The van der Waals surface area contributed by atoms with Crippen LogP contribution >= 0.6 is 11.8 Å². The summed E-state index contributed by atoms with van der Waals surface area (Å²) in [6, 6.07) is 8.37. The second-order valence-corrected chi connectivity index (χ2v) is 5.68. The molecule has 1 unspecified atom stereocenters. The van der Waals surface area contributed by atoms with Gasteiger partial charge in [0.2, 0.25) is 5.91 Å². The molecule has 0 saturated carbocycles. The Morgan fingerprint density at radius 2 is 2.44 bits per heavy atom. The first kappa shape index (κ1) is 13.4. The fourth-order valence-electron chi connectivity index (χ4n) is 2.06. The van der Waals surface area contributed by atoms with Crippen molar-refractivity contribution in [1.82, 2.24) is 5.32 Å². The smallest absolute Gasteiger partial charge is 0.225 e. The normalized spacial score (nSPS) is 19.5. The van der Waals surface area contributed by atoms with Gasteiger partial charge in [0.15, 0.2) is 0 Å². The summed E-state index contributed by atoms with van der Waals surface area (Å²) in [5.41, 5.74) is 2.15. The minimum Gasteiger partial charge on any atom is -0.326 e. The van der Waals surface area contributed by atoms with Gasteiger partial charge in [-0.1, -0.05) is 19.1 Å². The van der Waals surface area contributed by atoms with Crippen LogP contribution in [0.3, 0.4) is 0 Å². The molecular weight excluding hydrogens is 244 g/mol. The lowest BCUT2D eigenvalue weighted by molar-refractivity contribution is -0.116. The van der Waals surface area contributed by atoms with Crippen molar-refractivity contribution < 1.29 is 4.79 Å². The number of hydrogen-bond acceptors (Lipinski definition) is 3. The first-order valence-corrected chi connectivity index (χ1v) is 7.63. The maximum Gasteiger partial charge on any atom is 0.225 e. The molecule has 4 heteroatoms. The molecule has 0 bridgehead atoms. The zero-order chi connectivity index (χ0) is 12.8. The number of benzene rings is 1. The number of carbonyl (C=O) groups excluding carboxylic acids is 1. The Morgan fingerprint density at radius 1 is 1.56 bits per heavy atom. The maximum absolute atomic E-state index is 11.9. The largest absolute Gasteiger partial charge is 0.326 e. The number of anilines is 1. The SMILES string of the molecule is CCc1cccc(NC(=O)CC2CSCCN2)c1. The highest BCUT2D eigenvalue weighted by atomic mass is 32.2. The van der Waals surface area contributed by atoms with Crippen LogP contribution < -0.4 is 10.6 Å². The molecule has 18 heavy (non-hydrogen) atoms. The van der Waals surface area contributed by atoms with Crippen molar-refractivity contribution in [3.63, 3.8) is 0 Å². The van der Waals surface area contributed by atoms with Gasteiger partial charge in [0.05, 0.1) is 0 Å². The van der Waals surface area contributed by atoms with Gasteiger partial charge < -0.3 is 10.6 Å². The fourth-order valence-corrected chi connectivity index (χ4v) is 3.00. The van der Waals surface area contributed by atoms with Crippen molar-refractivity contribution in [3.05, 3.63) is 29.8 Å². The molecule has 1 saturated heterocycles. The van der Waals surface area contributed by atoms with E-state index in [4.69, 9.17) is 0 Å². The minimum atomic E-state index is 0.100. The van der Waals surface area contributed by atoms with Crippen LogP contribution in [-0.4, -0.2) is 30.0 Å². The molecule has 2 rings (SSSR count). The topological polar surface area (TPSA) is 41.1 Å². The highest BCUT2D eigenvalue weighted by molar-refractivity contribution is 7.99. The van der Waals surface area contributed by atoms with Crippen LogP contribution in [0.25, 0.3) is 0 Å². The van der Waals surface area contributed by atoms with Crippen LogP contribution in [-0.2, 0) is 11.2 Å². The zero-order valence-electron chi connectivity index (χ0n) is 10.7. The molecule has 98 valence electrons. The van der Waals surface area contributed by atoms with Crippen molar-refractivity contribution in [3.8, 4) is 0 Å². The van der Waals surface area contributed by atoms with Crippen LogP contribution in [0.15, 0.2) is 24.3 Å². The standard InChI is InChI=1S/C14H20N2OS/c1-2-11-4-3-5-12(8-11)16-14(17)9-13-10-18-7-6-15-13/h3-5,8,13,15H,2,6-7,9-10H2,1H3,(H,16,17). The Labute approximate surface area is 113 Å². The first-order chi connectivity index (χ1) is 8.78. The quantitative estimate of drug-likeness (QED) is 0.876. The van der Waals surface area contributed by atoms with Crippen molar-refractivity contribution in [1.29, 1.82) is 0 Å². The summed E-state index contributed by atoms with van der Waals surface area (Å²) in [4.78, 5) is 11.9. The first-order valence-electron chi connectivity index (χ1n) is 6.48. The van der Waals surface area contributed by atoms with Crippen LogP contribution in [0.5, 0.6) is 0 Å². The molecule has 0 aromatic heterocycles. The second-order valence-electron chi connectivity index (χ2n) is 4.53. The van der Waals surface area contributed by atoms with Gasteiger partial charge in [0.1, 0.15) is 0 Å². The average molecular weight is 264 g/mol. The Kier molecular flexibility index (Phi) is 5.08. The molecular formula is C14H20N2OS. The highest BCUT2D eigenvalue weighted by Gasteiger charge is 2.16. The minimum absolute atomic E-state index is 0.100. The number of nitrogens with one attached hydrogen (secondary N) is 2. The summed E-state index contributed by atoms with van der Waals surface area (Å²) in [6.07, 6.45) is 1.55. The van der Waals surface area contributed by atoms with Gasteiger partial charge in [0, 0.05) is 36.2 Å². The van der Waals surface area contributed by atoms with E-state index in [0.717, 1.165) is 30.2 Å². The fraction of sp³-hybridized carbons (Fsp3) is 0.500. The summed E-state index contributed by atoms with van der Waals surface area (Å²) in [5.74, 6) is 2.28. The third kappa shape index (κ3) is 4.03. The van der Waals surface area contributed by atoms with Crippen molar-refractivity contribution in [2.45, 2.75) is 25.8 Å². The lowest BCUT2D eigenvalue weighted by atomic mass is 10.1. The van der Waals surface area contributed by atoms with Gasteiger partial charge in [-0.3, -0.25) is 4.79 Å². The molecule has 3 nitrogen and oxygen atoms in total. The molecule has 1 fully saturated rings. The number of rotatable bonds is 4. The van der Waals surface area contributed by atoms with E-state index in [0.29, 0.717) is 12.5 Å². The van der Waals surface area contributed by atoms with E-state index in [1.54, 1.807) is 0 Å². The summed E-state index contributed by atoms with van der Waals surface area (Å²) in [7, 11) is 0. The summed E-state index contributed by atoms with van der Waals surface area (Å²) >= 11 is 1.91. The van der Waals surface area contributed by atoms with Crippen molar-refractivity contribution >= 4 is 23.4 Å². The van der Waals surface area contributed by atoms with Crippen molar-refractivity contribution in [2.75, 3.05) is 23.4 Å². The number of aryl methyl sites for hydroxylation is 1. The van der Waals surface area contributed by atoms with Gasteiger partial charge in [-0.2, -0.15) is 11.8 Å². The Hall–Kier alpha value is -1.00. The van der Waals surface area contributed by atoms with E-state index < -0.39 is 0 Å². The van der Waals surface area contributed by atoms with Gasteiger partial charge in [-0.25, -0.2) is 0 Å². The molecule has 1 atom stereocenters. The Bertz CT molecular complexity index is 403. The summed E-state index contributed by atoms with van der Waals surface area (Å²) in [6.45, 7) is 3.12. The predicted molar refractivity (Wildman–Crippen MR) is 78.2 cm³/mol. The van der Waals surface area contributed by atoms with Crippen LogP contribution in [0.2, 0.25) is 0 Å². The lowest BCUT2D eigenvalue weighted by Gasteiger charge is -2.22. The molecule has 1 aliphatic heterocycles. The summed E-state index contributed by atoms with van der Waals surface area (Å²) < 4.78 is 0. The Balaban J connectivity index is 1.85. The predicted octanol–water partition coefficient (Wildman–Crippen LogP) is 2.28. The summed E-state index contributed by atoms with van der Waals surface area (Å²) in [5, 5.41) is 6.35. The van der Waals surface area contributed by atoms with E-state index in [-0.39, 0.29) is 5.91 Å². The molecule has 0 radical (unpaired) electrons. The molecule has 1 aliphatic rings. The molecule has 2 N–H and O–H groups in total. The van der Waals surface area contributed by atoms with Crippen LogP contribution in [0.1, 0.15) is 18.9 Å². The third-order valence-corrected chi connectivity index (χ3v) is 4.18. The average Bonchev–Trinajstić information content (AvgIpc) is 2.40. The lowest BCUT2D eigenvalue weighted by Crippen LogP contribution is -2.39. The van der Waals surface area contributed by atoms with Crippen LogP contribution in [0, 0.1) is 0 Å². The van der Waals surface area contributed by atoms with E-state index in [9.17, 15) is 4.79 Å². The number of hydrogen-bond donors (Lipinski definition) is 2. The molecule has 1 heterocycles. The zero-order valence-corrected chi connectivity index (χ0v) is 11.6. The third-order valence-electron chi connectivity index (χ3n) is 3.05. The van der Waals surface area contributed by atoms with E-state index in [1.165, 1.54) is 5.56 Å². The molecule has 1 aromatic carbocycles. The van der Waals surface area contributed by atoms with E-state index in [2.05, 4.69) is 23.6 Å². The van der Waals surface area contributed by atoms with E-state index >= 15 is 0 Å². The van der Waals surface area contributed by atoms with Crippen LogP contribution in [0.4, 0.5) is 5.69 Å². The van der Waals surface area contributed by atoms with Gasteiger partial charge >= 0.3 is 0 Å². The number of carbonyl (C=O) groups is 1. The maximum atomic E-state index is 11.9. The monoisotopic (exact) mass is 264 g/mol. The Morgan fingerprint density at radius 3 is 3.17 bits per heavy atom. The number of thioether (sulfide) groups is 1. The molecule has 1 aromatic rings. The number of amides is 1. The highest BCUT2D eigenvalue weighted by Crippen LogP contribution is 2.14. The molecule has 0 spiro atoms. The van der Waals surface area contributed by atoms with Gasteiger partial charge in [0.25, 0.3) is 0 Å². The molecule has 0 aliphatic carbocycles.